The van der Waals surface area contributed by atoms with Crippen molar-refractivity contribution < 1.29 is 9.59 Å². The Morgan fingerprint density at radius 1 is 1.08 bits per heavy atom. The van der Waals surface area contributed by atoms with Crippen LogP contribution < -0.4 is 10.5 Å². The van der Waals surface area contributed by atoms with Crippen LogP contribution in [0.3, 0.4) is 0 Å². The normalized spacial score (nSPS) is 9.46. The van der Waals surface area contributed by atoms with E-state index in [0.717, 1.165) is 16.3 Å². The smallest absolute Gasteiger partial charge is 0.182 e. The van der Waals surface area contributed by atoms with Crippen LogP contribution in [0.5, 0.6) is 0 Å². The minimum atomic E-state index is 0.0920. The molecule has 0 aliphatic heterocycles. The molecule has 8 heteroatoms. The van der Waals surface area contributed by atoms with Crippen molar-refractivity contribution in [1.82, 2.24) is 9.55 Å². The first-order chi connectivity index (χ1) is 11.0. The number of nitrogen functional groups attached to an aromatic ring is 1. The average Bonchev–Trinajstić information content (AvgIpc) is 2.82. The standard InChI is InChI=1S/C8H12N2OS.C5H8N2S.C3H6O/c1-5(11)4-10-6(2)7(3)12-8(10)9;1-3-4(2)8-5(6)7-3;1-3(2)4/h9H,4H2,1-3H3;1-2H3,(H2,6,7);1-2H3. The van der Waals surface area contributed by atoms with Crippen LogP contribution in [0.4, 0.5) is 5.13 Å². The van der Waals surface area contributed by atoms with E-state index in [2.05, 4.69) is 4.98 Å². The highest BCUT2D eigenvalue weighted by atomic mass is 32.1. The lowest BCUT2D eigenvalue weighted by Crippen LogP contribution is -2.18. The Morgan fingerprint density at radius 2 is 1.58 bits per heavy atom. The number of nitrogens with one attached hydrogen (secondary N) is 1. The van der Waals surface area contributed by atoms with Crippen molar-refractivity contribution in [2.45, 2.75) is 55.0 Å². The van der Waals surface area contributed by atoms with Gasteiger partial charge in [-0.25, -0.2) is 4.98 Å². The second-order valence-electron chi connectivity index (χ2n) is 5.44. The third-order valence-corrected chi connectivity index (χ3v) is 4.75. The molecule has 0 spiro atoms. The van der Waals surface area contributed by atoms with Crippen LogP contribution in [-0.2, 0) is 16.1 Å². The number of hydrogen-bond acceptors (Lipinski definition) is 7. The molecular formula is C16H26N4O2S2. The molecule has 3 N–H and O–H groups in total. The second kappa shape index (κ2) is 10.1. The summed E-state index contributed by atoms with van der Waals surface area (Å²) in [5.41, 5.74) is 7.46. The SMILES string of the molecule is CC(=O)Cn1c(C)c(C)sc1=N.CC(C)=O.Cc1nc(N)sc1C. The van der Waals surface area contributed by atoms with Gasteiger partial charge in [0.2, 0.25) is 0 Å². The Bertz CT molecular complexity index is 733. The highest BCUT2D eigenvalue weighted by molar-refractivity contribution is 7.15. The van der Waals surface area contributed by atoms with Crippen LogP contribution in [0.15, 0.2) is 0 Å². The van der Waals surface area contributed by atoms with Gasteiger partial charge < -0.3 is 15.1 Å². The largest absolute Gasteiger partial charge is 0.375 e. The summed E-state index contributed by atoms with van der Waals surface area (Å²) in [5.74, 6) is 0.259. The molecule has 0 aliphatic rings. The molecule has 0 amide bonds. The predicted octanol–water partition coefficient (Wildman–Crippen LogP) is 3.17. The number of hydrogen-bond donors (Lipinski definition) is 2. The number of anilines is 1. The maximum absolute atomic E-state index is 10.8. The van der Waals surface area contributed by atoms with Crippen molar-refractivity contribution in [3.05, 3.63) is 25.9 Å². The van der Waals surface area contributed by atoms with Gasteiger partial charge in [-0.15, -0.1) is 22.7 Å². The summed E-state index contributed by atoms with van der Waals surface area (Å²) in [6.45, 7) is 12.8. The number of aromatic nitrogens is 2. The van der Waals surface area contributed by atoms with E-state index in [0.29, 0.717) is 16.5 Å². The number of carbonyl (C=O) groups is 2. The van der Waals surface area contributed by atoms with Gasteiger partial charge >= 0.3 is 0 Å². The molecule has 2 heterocycles. The zero-order valence-corrected chi connectivity index (χ0v) is 16.9. The van der Waals surface area contributed by atoms with Gasteiger partial charge in [-0.05, 0) is 48.5 Å². The van der Waals surface area contributed by atoms with E-state index >= 15 is 0 Å². The molecule has 2 aromatic rings. The first-order valence-corrected chi connectivity index (χ1v) is 8.96. The summed E-state index contributed by atoms with van der Waals surface area (Å²) >= 11 is 2.95. The molecular weight excluding hydrogens is 344 g/mol. The minimum absolute atomic E-state index is 0.0920. The Hall–Kier alpha value is -1.80. The Kier molecular flexibility index (Phi) is 9.38. The number of nitrogens with zero attached hydrogens (tertiary/aromatic N) is 2. The summed E-state index contributed by atoms with van der Waals surface area (Å²) in [6.07, 6.45) is 0. The average molecular weight is 371 g/mol. The highest BCUT2D eigenvalue weighted by Gasteiger charge is 2.05. The minimum Gasteiger partial charge on any atom is -0.375 e. The van der Waals surface area contributed by atoms with Gasteiger partial charge in [0.15, 0.2) is 9.93 Å². The molecule has 0 aliphatic carbocycles. The van der Waals surface area contributed by atoms with E-state index in [1.54, 1.807) is 11.5 Å². The quantitative estimate of drug-likeness (QED) is 0.847. The van der Waals surface area contributed by atoms with Gasteiger partial charge in [0.25, 0.3) is 0 Å². The van der Waals surface area contributed by atoms with Gasteiger partial charge in [-0.3, -0.25) is 10.2 Å². The number of ketones is 2. The second-order valence-corrected chi connectivity index (χ2v) is 7.88. The maximum atomic E-state index is 10.8. The number of Topliss-reactive ketones (excluding diaryl/α,β-unsaturated/α-hetero) is 2. The van der Waals surface area contributed by atoms with Crippen LogP contribution in [0.1, 0.15) is 41.9 Å². The molecule has 2 aromatic heterocycles. The van der Waals surface area contributed by atoms with Crippen LogP contribution in [-0.4, -0.2) is 21.1 Å². The van der Waals surface area contributed by atoms with E-state index < -0.39 is 0 Å². The predicted molar refractivity (Wildman–Crippen MR) is 101 cm³/mol. The molecule has 134 valence electrons. The first-order valence-electron chi connectivity index (χ1n) is 7.33. The summed E-state index contributed by atoms with van der Waals surface area (Å²) in [4.78, 5) is 27.1. The topological polar surface area (TPSA) is 102 Å². The fraction of sp³-hybridized carbons (Fsp3) is 0.500. The van der Waals surface area contributed by atoms with E-state index in [-0.39, 0.29) is 11.6 Å². The maximum Gasteiger partial charge on any atom is 0.182 e. The number of aryl methyl sites for hydroxylation is 3. The fourth-order valence-corrected chi connectivity index (χ4v) is 3.08. The lowest BCUT2D eigenvalue weighted by molar-refractivity contribution is -0.117. The van der Waals surface area contributed by atoms with Crippen LogP contribution in [0, 0.1) is 33.1 Å². The van der Waals surface area contributed by atoms with Crippen molar-refractivity contribution in [2.24, 2.45) is 0 Å². The molecule has 0 atom stereocenters. The lowest BCUT2D eigenvalue weighted by Gasteiger charge is -2.01. The zero-order valence-electron chi connectivity index (χ0n) is 15.3. The Balaban J connectivity index is 0.000000379. The summed E-state index contributed by atoms with van der Waals surface area (Å²) in [5, 5.41) is 8.22. The van der Waals surface area contributed by atoms with Crippen molar-refractivity contribution >= 4 is 39.4 Å². The number of carbonyl (C=O) groups excluding carboxylic acids is 2. The Morgan fingerprint density at radius 3 is 1.79 bits per heavy atom. The van der Waals surface area contributed by atoms with Crippen LogP contribution >= 0.6 is 22.7 Å². The van der Waals surface area contributed by atoms with Crippen LogP contribution in [0.2, 0.25) is 0 Å². The summed E-state index contributed by atoms with van der Waals surface area (Å²) in [7, 11) is 0. The molecule has 0 unspecified atom stereocenters. The molecule has 0 fully saturated rings. The van der Waals surface area contributed by atoms with Gasteiger partial charge in [0.1, 0.15) is 11.6 Å². The summed E-state index contributed by atoms with van der Waals surface area (Å²) < 4.78 is 1.74. The number of rotatable bonds is 2. The third kappa shape index (κ3) is 8.16. The van der Waals surface area contributed by atoms with Gasteiger partial charge in [0, 0.05) is 15.4 Å². The molecule has 0 radical (unpaired) electrons. The third-order valence-electron chi connectivity index (χ3n) is 2.84. The van der Waals surface area contributed by atoms with E-state index in [9.17, 15) is 9.59 Å². The van der Waals surface area contributed by atoms with Gasteiger partial charge in [-0.1, -0.05) is 0 Å². The van der Waals surface area contributed by atoms with Crippen molar-refractivity contribution in [3.8, 4) is 0 Å². The molecule has 0 saturated carbocycles. The van der Waals surface area contributed by atoms with Crippen molar-refractivity contribution in [2.75, 3.05) is 5.73 Å². The van der Waals surface area contributed by atoms with Crippen molar-refractivity contribution in [3.63, 3.8) is 0 Å². The fourth-order valence-electron chi connectivity index (χ4n) is 1.53. The number of thiazole rings is 2. The molecule has 0 bridgehead atoms. The van der Waals surface area contributed by atoms with Crippen LogP contribution in [0.25, 0.3) is 0 Å². The number of nitrogens with two attached hydrogens (primary N) is 1. The molecule has 6 nitrogen and oxygen atoms in total. The Labute approximate surface area is 150 Å². The first kappa shape index (κ1) is 22.2. The highest BCUT2D eigenvalue weighted by Crippen LogP contribution is 2.17. The molecule has 0 aromatic carbocycles. The molecule has 2 rings (SSSR count). The lowest BCUT2D eigenvalue weighted by atomic mass is 10.4. The molecule has 24 heavy (non-hydrogen) atoms. The van der Waals surface area contributed by atoms with E-state index in [4.69, 9.17) is 11.1 Å². The molecule has 0 saturated heterocycles. The zero-order chi connectivity index (χ0) is 19.0. The van der Waals surface area contributed by atoms with Gasteiger partial charge in [-0.2, -0.15) is 0 Å². The van der Waals surface area contributed by atoms with E-state index in [1.807, 2.05) is 27.7 Å². The van der Waals surface area contributed by atoms with Crippen molar-refractivity contribution in [1.29, 1.82) is 5.41 Å². The van der Waals surface area contributed by atoms with Gasteiger partial charge in [0.05, 0.1) is 12.2 Å². The van der Waals surface area contributed by atoms with E-state index in [1.165, 1.54) is 41.4 Å². The monoisotopic (exact) mass is 370 g/mol. The summed E-state index contributed by atoms with van der Waals surface area (Å²) in [6, 6.07) is 0.